The minimum Gasteiger partial charge on any atom is -0.457 e. The topological polar surface area (TPSA) is 103 Å². The molecule has 4 aliphatic rings. The number of Topliss-reactive ketones (excluding diaryl/α,β-unsaturated/α-hetero) is 1. The van der Waals surface area contributed by atoms with Crippen molar-refractivity contribution in [2.45, 2.75) is 17.2 Å². The minimum absolute atomic E-state index is 0.0472. The van der Waals surface area contributed by atoms with Crippen molar-refractivity contribution in [1.29, 1.82) is 10.5 Å². The number of fused-ring (bicyclic) bond motifs is 4. The number of ether oxygens (including phenoxy) is 1. The summed E-state index contributed by atoms with van der Waals surface area (Å²) in [6.45, 7) is 4.81. The number of ketones is 1. The molecule has 3 aliphatic heterocycles. The largest absolute Gasteiger partial charge is 0.673 e. The van der Waals surface area contributed by atoms with E-state index in [2.05, 4.69) is 4.36 Å². The van der Waals surface area contributed by atoms with Crippen molar-refractivity contribution in [2.24, 2.45) is 4.36 Å². The van der Waals surface area contributed by atoms with E-state index in [0.717, 1.165) is 48.6 Å². The molecule has 1 unspecified atom stereocenters. The average molecular weight is 760 g/mol. The standard InChI is InChI=1S/C18H10F3N3O3S.C7H14ClFN2.2BF4/c1-28(26,24-9-23)15-3-2-14(13-7-18(20,21)17(25)16(13)15)27-12-5-10(8-22)4-11(19)6-12;8-7-10-1-4-11(9,5-2-10)6-3-10;2*2-1(3,4)5/h2-6H,7H2,1H3;1-7H2;;/q;+2;2*-1. The van der Waals surface area contributed by atoms with Gasteiger partial charge in [0.05, 0.1) is 26.3 Å². The number of hydrogen-bond acceptors (Lipinski definition) is 6. The maximum atomic E-state index is 14.1. The number of benzene rings is 2. The molecule has 2 aromatic rings. The van der Waals surface area contributed by atoms with E-state index >= 15 is 0 Å². The number of hydrogen-bond donors (Lipinski definition) is 0. The van der Waals surface area contributed by atoms with Gasteiger partial charge >= 0.3 is 20.4 Å². The summed E-state index contributed by atoms with van der Waals surface area (Å²) in [7, 11) is -15.4. The minimum atomic E-state index is -6.00. The third-order valence-electron chi connectivity index (χ3n) is 7.22. The van der Waals surface area contributed by atoms with Gasteiger partial charge in [0, 0.05) is 29.9 Å². The number of nitriles is 2. The molecule has 270 valence electrons. The smallest absolute Gasteiger partial charge is 0.457 e. The fourth-order valence-electron chi connectivity index (χ4n) is 4.89. The molecular weight excluding hydrogens is 735 g/mol. The summed E-state index contributed by atoms with van der Waals surface area (Å²) >= 11 is 5.85. The van der Waals surface area contributed by atoms with Gasteiger partial charge in [-0.05, 0) is 28.7 Å². The van der Waals surface area contributed by atoms with E-state index < -0.39 is 53.7 Å². The third kappa shape index (κ3) is 12.3. The van der Waals surface area contributed by atoms with Crippen LogP contribution in [0.5, 0.6) is 11.5 Å². The molecule has 0 saturated carbocycles. The van der Waals surface area contributed by atoms with Crippen molar-refractivity contribution in [3.8, 4) is 23.8 Å². The van der Waals surface area contributed by atoms with Crippen LogP contribution in [0, 0.1) is 28.6 Å². The summed E-state index contributed by atoms with van der Waals surface area (Å²) < 4.78 is 155. The van der Waals surface area contributed by atoms with Crippen molar-refractivity contribution < 1.29 is 75.1 Å². The lowest BCUT2D eigenvalue weighted by Crippen LogP contribution is -2.71. The first-order chi connectivity index (χ1) is 22.3. The summed E-state index contributed by atoms with van der Waals surface area (Å²) in [5, 5.41) is 17.6. The van der Waals surface area contributed by atoms with Crippen molar-refractivity contribution in [1.82, 2.24) is 0 Å². The molecule has 3 heterocycles. The quantitative estimate of drug-likeness (QED) is 0.0628. The average Bonchev–Trinajstić information content (AvgIpc) is 3.20. The van der Waals surface area contributed by atoms with E-state index in [9.17, 15) is 61.2 Å². The molecule has 24 heteroatoms. The van der Waals surface area contributed by atoms with Crippen LogP contribution in [-0.4, -0.2) is 91.1 Å². The van der Waals surface area contributed by atoms with Gasteiger partial charge in [0.2, 0.25) is 12.0 Å². The van der Waals surface area contributed by atoms with Gasteiger partial charge in [-0.15, -0.1) is 9.07 Å². The summed E-state index contributed by atoms with van der Waals surface area (Å²) in [4.78, 5) is 11.9. The maximum Gasteiger partial charge on any atom is 0.673 e. The Hall–Kier alpha value is -3.66. The number of nitrogens with zero attached hydrogens (tertiary/aromatic N) is 5. The van der Waals surface area contributed by atoms with Gasteiger partial charge in [-0.2, -0.15) is 19.3 Å². The van der Waals surface area contributed by atoms with Gasteiger partial charge in [0.25, 0.3) is 0 Å². The molecule has 3 fully saturated rings. The van der Waals surface area contributed by atoms with Crippen LogP contribution in [0.2, 0.25) is 0 Å². The van der Waals surface area contributed by atoms with Crippen molar-refractivity contribution in [2.75, 3.05) is 51.5 Å². The molecule has 0 N–H and O–H groups in total. The first-order valence-electron chi connectivity index (χ1n) is 13.6. The molecule has 1 atom stereocenters. The highest BCUT2D eigenvalue weighted by atomic mass is 35.5. The molecule has 2 aromatic carbocycles. The first kappa shape index (κ1) is 41.5. The lowest BCUT2D eigenvalue weighted by molar-refractivity contribution is -1.15. The van der Waals surface area contributed by atoms with Crippen molar-refractivity contribution in [3.05, 3.63) is 52.8 Å². The second-order valence-corrected chi connectivity index (χ2v) is 13.3. The number of carbonyl (C=O) groups is 1. The summed E-state index contributed by atoms with van der Waals surface area (Å²) in [5.74, 6) is -6.38. The lowest BCUT2D eigenvalue weighted by Gasteiger charge is -2.48. The van der Waals surface area contributed by atoms with Crippen molar-refractivity contribution >= 4 is 41.6 Å². The maximum absolute atomic E-state index is 14.1. The van der Waals surface area contributed by atoms with Gasteiger partial charge < -0.3 is 39.3 Å². The predicted octanol–water partition coefficient (Wildman–Crippen LogP) is 7.13. The van der Waals surface area contributed by atoms with Crippen LogP contribution in [0.25, 0.3) is 0 Å². The number of piperazine rings is 3. The molecule has 6 rings (SSSR count). The van der Waals surface area contributed by atoms with Crippen LogP contribution in [0.4, 0.5) is 52.2 Å². The monoisotopic (exact) mass is 759 g/mol. The van der Waals surface area contributed by atoms with Crippen LogP contribution in [0.1, 0.15) is 21.5 Å². The van der Waals surface area contributed by atoms with Crippen LogP contribution in [0.3, 0.4) is 0 Å². The summed E-state index contributed by atoms with van der Waals surface area (Å²) in [6, 6.07) is 7.82. The molecule has 3 saturated heterocycles. The highest BCUT2D eigenvalue weighted by molar-refractivity contribution is 7.93. The molecule has 0 spiro atoms. The molecule has 8 nitrogen and oxygen atoms in total. The van der Waals surface area contributed by atoms with Crippen molar-refractivity contribution in [3.63, 3.8) is 0 Å². The fraction of sp³-hybridized carbons (Fsp3) is 0.400. The Labute approximate surface area is 276 Å². The Kier molecular flexibility index (Phi) is 13.1. The highest BCUT2D eigenvalue weighted by Gasteiger charge is 2.51. The second-order valence-electron chi connectivity index (χ2n) is 10.8. The van der Waals surface area contributed by atoms with Crippen LogP contribution in [0.15, 0.2) is 39.6 Å². The Morgan fingerprint density at radius 1 is 0.959 bits per heavy atom. The Morgan fingerprint density at radius 3 is 1.92 bits per heavy atom. The normalized spacial score (nSPS) is 23.0. The second kappa shape index (κ2) is 15.5. The zero-order valence-electron chi connectivity index (χ0n) is 25.0. The Balaban J connectivity index is 0.000000321. The first-order valence-corrected chi connectivity index (χ1v) is 16.0. The molecule has 0 radical (unpaired) electrons. The van der Waals surface area contributed by atoms with Crippen LogP contribution < -0.4 is 4.74 Å². The van der Waals surface area contributed by atoms with E-state index in [0.29, 0.717) is 25.6 Å². The van der Waals surface area contributed by atoms with Gasteiger partial charge in [0.1, 0.15) is 37.0 Å². The summed E-state index contributed by atoms with van der Waals surface area (Å²) in [5.41, 5.74) is -0.794. The summed E-state index contributed by atoms with van der Waals surface area (Å²) in [6.07, 6.45) is 1.40. The van der Waals surface area contributed by atoms with E-state index in [1.165, 1.54) is 18.3 Å². The lowest BCUT2D eigenvalue weighted by atomic mass is 10.1. The van der Waals surface area contributed by atoms with Gasteiger partial charge in [-0.25, -0.2) is 8.60 Å². The van der Waals surface area contributed by atoms with Gasteiger partial charge in [0.15, 0.2) is 25.6 Å². The van der Waals surface area contributed by atoms with Crippen LogP contribution in [-0.2, 0) is 16.1 Å². The SMILES string of the molecule is CS(=O)(=NC#N)c1ccc(Oc2cc(F)cc(C#N)c2)c2c1C(=O)C(F)(F)C2.F[B-](F)(F)F.F[B-](F)(F)F.F[N+]12CC[N+](CCl)(CC1)CC2. The number of halogens is 13. The number of carbonyl (C=O) groups excluding carboxylic acids is 1. The molecule has 2 bridgehead atoms. The molecule has 49 heavy (non-hydrogen) atoms. The fourth-order valence-corrected chi connectivity index (χ4v) is 6.42. The van der Waals surface area contributed by atoms with E-state index in [1.807, 2.05) is 0 Å². The Morgan fingerprint density at radius 2 is 1.47 bits per heavy atom. The molecular formula is C25H24B2ClF12N5O3S. The van der Waals surface area contributed by atoms with Crippen LogP contribution >= 0.6 is 11.6 Å². The molecule has 0 aromatic heterocycles. The van der Waals surface area contributed by atoms with E-state index in [4.69, 9.17) is 26.9 Å². The third-order valence-corrected chi connectivity index (χ3v) is 9.31. The predicted molar refractivity (Wildman–Crippen MR) is 153 cm³/mol. The number of quaternary nitrogens is 2. The Bertz CT molecular complexity index is 1710. The molecule has 0 amide bonds. The van der Waals surface area contributed by atoms with Gasteiger partial charge in [-0.3, -0.25) is 9.28 Å². The zero-order valence-corrected chi connectivity index (χ0v) is 26.6. The van der Waals surface area contributed by atoms with E-state index in [-0.39, 0.29) is 32.2 Å². The number of rotatable bonds is 4. The molecule has 1 aliphatic carbocycles. The zero-order chi connectivity index (χ0) is 37.6. The highest BCUT2D eigenvalue weighted by Crippen LogP contribution is 2.43. The number of alkyl halides is 3. The van der Waals surface area contributed by atoms with Gasteiger partial charge in [-0.1, -0.05) is 11.6 Å². The van der Waals surface area contributed by atoms with E-state index in [1.54, 1.807) is 6.07 Å².